The molecule has 1 unspecified atom stereocenters. The highest BCUT2D eigenvalue weighted by molar-refractivity contribution is 8.18. The van der Waals surface area contributed by atoms with Crippen molar-refractivity contribution in [2.45, 2.75) is 23.5 Å². The molecule has 2 N–H and O–H groups in total. The molecule has 5 heteroatoms. The lowest BCUT2D eigenvalue weighted by atomic mass is 10.0. The lowest BCUT2D eigenvalue weighted by molar-refractivity contribution is 0.0696. The molecule has 2 rings (SSSR count). The van der Waals surface area contributed by atoms with Gasteiger partial charge in [0.15, 0.2) is 0 Å². The Bertz CT molecular complexity index is 424. The van der Waals surface area contributed by atoms with Crippen molar-refractivity contribution in [3.8, 4) is 0 Å². The summed E-state index contributed by atoms with van der Waals surface area (Å²) >= 11 is 3.55. The van der Waals surface area contributed by atoms with Crippen molar-refractivity contribution < 1.29 is 15.0 Å². The molecule has 1 atom stereocenters. The molecule has 0 saturated carbocycles. The number of carbonyl (C=O) groups is 1. The summed E-state index contributed by atoms with van der Waals surface area (Å²) in [6.45, 7) is 2.05. The van der Waals surface area contributed by atoms with Crippen molar-refractivity contribution >= 4 is 29.5 Å². The Balaban J connectivity index is 2.17. The lowest BCUT2D eigenvalue weighted by Gasteiger charge is -2.36. The zero-order chi connectivity index (χ0) is 13.2. The zero-order valence-corrected chi connectivity index (χ0v) is 11.8. The van der Waals surface area contributed by atoms with Gasteiger partial charge < -0.3 is 10.2 Å². The minimum Gasteiger partial charge on any atom is -0.478 e. The molecule has 0 amide bonds. The van der Waals surface area contributed by atoms with E-state index in [2.05, 4.69) is 6.92 Å². The fourth-order valence-corrected chi connectivity index (χ4v) is 4.91. The summed E-state index contributed by atoms with van der Waals surface area (Å²) < 4.78 is -0.233. The number of carboxylic acid groups (broad SMARTS) is 1. The van der Waals surface area contributed by atoms with Crippen molar-refractivity contribution in [1.29, 1.82) is 0 Å². The average molecular weight is 284 g/mol. The Labute approximate surface area is 115 Å². The molecule has 1 aliphatic rings. The van der Waals surface area contributed by atoms with Crippen molar-refractivity contribution in [1.82, 2.24) is 0 Å². The van der Waals surface area contributed by atoms with E-state index in [1.807, 2.05) is 0 Å². The first-order chi connectivity index (χ1) is 8.53. The van der Waals surface area contributed by atoms with Gasteiger partial charge in [0.1, 0.15) is 6.10 Å². The van der Waals surface area contributed by atoms with Gasteiger partial charge in [0.05, 0.1) is 9.64 Å². The third kappa shape index (κ3) is 2.84. The number of aliphatic hydroxyl groups excluding tert-OH is 1. The van der Waals surface area contributed by atoms with Gasteiger partial charge in [-0.2, -0.15) is 0 Å². The highest BCUT2D eigenvalue weighted by Crippen LogP contribution is 2.49. The third-order valence-corrected chi connectivity index (χ3v) is 6.32. The molecular weight excluding hydrogens is 268 g/mol. The maximum absolute atomic E-state index is 10.8. The summed E-state index contributed by atoms with van der Waals surface area (Å²) in [6.07, 6.45) is 0.603. The predicted octanol–water partition coefficient (Wildman–Crippen LogP) is 3.00. The average Bonchev–Trinajstić information content (AvgIpc) is 2.39. The van der Waals surface area contributed by atoms with Crippen molar-refractivity contribution in [3.05, 3.63) is 35.4 Å². The summed E-state index contributed by atoms with van der Waals surface area (Å²) in [5, 5.41) is 19.3. The van der Waals surface area contributed by atoms with Crippen molar-refractivity contribution in [3.63, 3.8) is 0 Å². The van der Waals surface area contributed by atoms with Crippen LogP contribution in [0.4, 0.5) is 0 Å². The first-order valence-electron chi connectivity index (χ1n) is 5.82. The topological polar surface area (TPSA) is 57.5 Å². The summed E-state index contributed by atoms with van der Waals surface area (Å²) in [6, 6.07) is 6.50. The molecule has 1 aromatic carbocycles. The lowest BCUT2D eigenvalue weighted by Crippen LogP contribution is -2.29. The summed E-state index contributed by atoms with van der Waals surface area (Å²) in [5.41, 5.74) is 1.03. The predicted molar refractivity (Wildman–Crippen MR) is 76.3 cm³/mol. The minimum absolute atomic E-state index is 0.233. The van der Waals surface area contributed by atoms with Gasteiger partial charge in [-0.25, -0.2) is 4.79 Å². The molecule has 1 saturated heterocycles. The maximum Gasteiger partial charge on any atom is 0.335 e. The van der Waals surface area contributed by atoms with Crippen LogP contribution in [0.3, 0.4) is 0 Å². The molecule has 0 bridgehead atoms. The van der Waals surface area contributed by atoms with Gasteiger partial charge in [0.2, 0.25) is 0 Å². The Morgan fingerprint density at radius 1 is 1.28 bits per heavy atom. The molecule has 1 aromatic rings. The van der Waals surface area contributed by atoms with Gasteiger partial charge in [0.25, 0.3) is 0 Å². The van der Waals surface area contributed by atoms with Gasteiger partial charge in [-0.15, -0.1) is 23.5 Å². The number of thioether (sulfide) groups is 2. The van der Waals surface area contributed by atoms with E-state index in [4.69, 9.17) is 5.11 Å². The minimum atomic E-state index is -0.941. The molecule has 18 heavy (non-hydrogen) atoms. The summed E-state index contributed by atoms with van der Waals surface area (Å²) in [7, 11) is 0. The van der Waals surface area contributed by atoms with Crippen LogP contribution in [0.1, 0.15) is 35.4 Å². The van der Waals surface area contributed by atoms with Crippen LogP contribution in [-0.4, -0.2) is 31.8 Å². The van der Waals surface area contributed by atoms with Gasteiger partial charge >= 0.3 is 5.97 Å². The number of rotatable bonds is 3. The molecule has 1 fully saturated rings. The first kappa shape index (κ1) is 13.8. The van der Waals surface area contributed by atoms with Crippen LogP contribution in [0.2, 0.25) is 0 Å². The van der Waals surface area contributed by atoms with Crippen LogP contribution in [0, 0.1) is 0 Å². The molecular formula is C13H16O3S2. The molecule has 0 radical (unpaired) electrons. The SMILES string of the molecule is CC1(C(O)c2ccc(C(=O)O)cc2)SCCCS1. The molecule has 0 spiro atoms. The number of hydrogen-bond donors (Lipinski definition) is 2. The fourth-order valence-electron chi connectivity index (χ4n) is 1.92. The van der Waals surface area contributed by atoms with Crippen LogP contribution in [0.15, 0.2) is 24.3 Å². The molecule has 1 heterocycles. The third-order valence-electron chi connectivity index (χ3n) is 3.04. The van der Waals surface area contributed by atoms with E-state index in [9.17, 15) is 9.90 Å². The number of carboxylic acids is 1. The Morgan fingerprint density at radius 2 is 1.83 bits per heavy atom. The largest absolute Gasteiger partial charge is 0.478 e. The van der Waals surface area contributed by atoms with Gasteiger partial charge in [-0.3, -0.25) is 0 Å². The second-order valence-corrected chi connectivity index (χ2v) is 7.74. The second kappa shape index (κ2) is 5.55. The van der Waals surface area contributed by atoms with E-state index in [1.165, 1.54) is 6.42 Å². The van der Waals surface area contributed by atoms with E-state index in [-0.39, 0.29) is 9.64 Å². The van der Waals surface area contributed by atoms with Gasteiger partial charge in [0, 0.05) is 0 Å². The van der Waals surface area contributed by atoms with E-state index < -0.39 is 12.1 Å². The van der Waals surface area contributed by atoms with Crippen LogP contribution in [-0.2, 0) is 0 Å². The van der Waals surface area contributed by atoms with E-state index in [0.717, 1.165) is 17.1 Å². The number of hydrogen-bond acceptors (Lipinski definition) is 4. The van der Waals surface area contributed by atoms with Crippen molar-refractivity contribution in [2.75, 3.05) is 11.5 Å². The maximum atomic E-state index is 10.8. The van der Waals surface area contributed by atoms with Gasteiger partial charge in [-0.05, 0) is 42.5 Å². The quantitative estimate of drug-likeness (QED) is 0.893. The molecule has 0 aromatic heterocycles. The Kier molecular flexibility index (Phi) is 4.25. The number of aliphatic hydroxyl groups is 1. The van der Waals surface area contributed by atoms with Crippen LogP contribution >= 0.6 is 23.5 Å². The van der Waals surface area contributed by atoms with Crippen LogP contribution < -0.4 is 0 Å². The van der Waals surface area contributed by atoms with E-state index in [1.54, 1.807) is 47.8 Å². The second-order valence-electron chi connectivity index (χ2n) is 4.40. The zero-order valence-electron chi connectivity index (χ0n) is 10.1. The number of benzene rings is 1. The van der Waals surface area contributed by atoms with Crippen molar-refractivity contribution in [2.24, 2.45) is 0 Å². The standard InChI is InChI=1S/C13H16O3S2/c1-13(17-7-2-8-18-13)11(14)9-3-5-10(6-4-9)12(15)16/h3-6,11,14H,2,7-8H2,1H3,(H,15,16). The monoisotopic (exact) mass is 284 g/mol. The summed E-state index contributed by atoms with van der Waals surface area (Å²) in [5.74, 6) is 1.19. The molecule has 3 nitrogen and oxygen atoms in total. The van der Waals surface area contributed by atoms with Crippen LogP contribution in [0.5, 0.6) is 0 Å². The Morgan fingerprint density at radius 3 is 2.33 bits per heavy atom. The smallest absolute Gasteiger partial charge is 0.335 e. The van der Waals surface area contributed by atoms with Crippen LogP contribution in [0.25, 0.3) is 0 Å². The molecule has 1 aliphatic heterocycles. The molecule has 98 valence electrons. The summed E-state index contributed by atoms with van der Waals surface area (Å²) in [4.78, 5) is 10.8. The Hall–Kier alpha value is -0.650. The first-order valence-corrected chi connectivity index (χ1v) is 7.79. The van der Waals surface area contributed by atoms with Gasteiger partial charge in [-0.1, -0.05) is 12.1 Å². The highest BCUT2D eigenvalue weighted by Gasteiger charge is 2.37. The molecule has 0 aliphatic carbocycles. The number of aromatic carboxylic acids is 1. The van der Waals surface area contributed by atoms with E-state index in [0.29, 0.717) is 0 Å². The van der Waals surface area contributed by atoms with E-state index >= 15 is 0 Å². The fraction of sp³-hybridized carbons (Fsp3) is 0.462. The normalized spacial score (nSPS) is 20.3. The highest BCUT2D eigenvalue weighted by atomic mass is 32.2.